The van der Waals surface area contributed by atoms with Gasteiger partial charge in [0.05, 0.1) is 23.0 Å². The van der Waals surface area contributed by atoms with Crippen LogP contribution in [0, 0.1) is 13.8 Å². The van der Waals surface area contributed by atoms with Gasteiger partial charge in [0.2, 0.25) is 0 Å². The van der Waals surface area contributed by atoms with Crippen molar-refractivity contribution in [3.05, 3.63) is 157 Å². The topological polar surface area (TPSA) is 26.3 Å². The van der Waals surface area contributed by atoms with Crippen molar-refractivity contribution in [2.24, 2.45) is 0 Å². The van der Waals surface area contributed by atoms with E-state index in [-0.39, 0.29) is 5.43 Å². The number of rotatable bonds is 4. The molecule has 0 saturated carbocycles. The quantitative estimate of drug-likeness (QED) is 0.136. The summed E-state index contributed by atoms with van der Waals surface area (Å²) in [5.41, 5.74) is 7.52. The second kappa shape index (κ2) is 14.5. The van der Waals surface area contributed by atoms with Crippen LogP contribution >= 0.6 is 0 Å². The molecule has 46 heavy (non-hydrogen) atoms. The summed E-state index contributed by atoms with van der Waals surface area (Å²) >= 11 is 1.74. The molecule has 8 rings (SSSR count). The molecule has 8 aromatic rings. The maximum atomic E-state index is 5.74. The molecule has 0 saturated heterocycles. The third kappa shape index (κ3) is 7.41. The van der Waals surface area contributed by atoms with Gasteiger partial charge in [-0.3, -0.25) is 0 Å². The van der Waals surface area contributed by atoms with Gasteiger partial charge in [-0.15, -0.1) is 57.9 Å². The van der Waals surface area contributed by atoms with E-state index in [1.54, 1.807) is 23.3 Å². The Balaban J connectivity index is 0.000000145. The minimum absolute atomic E-state index is 0.210. The fourth-order valence-corrected chi connectivity index (χ4v) is 5.67. The first kappa shape index (κ1) is 31.7. The van der Waals surface area contributed by atoms with Crippen LogP contribution in [0.1, 0.15) is 11.5 Å². The first-order valence-corrected chi connectivity index (χ1v) is 21.7. The van der Waals surface area contributed by atoms with Crippen molar-refractivity contribution in [2.45, 2.75) is 26.9 Å². The van der Waals surface area contributed by atoms with E-state index >= 15 is 0 Å². The third-order valence-corrected chi connectivity index (χ3v) is 7.72. The smallest absolute Gasteiger partial charge is 0.0896 e. The van der Waals surface area contributed by atoms with E-state index in [1.165, 1.54) is 43.8 Å². The van der Waals surface area contributed by atoms with Gasteiger partial charge in [-0.1, -0.05) is 107 Å². The largest absolute Gasteiger partial charge is 0.496 e. The molecular formula is C42H36O2SiZr. The van der Waals surface area contributed by atoms with Crippen LogP contribution in [-0.4, -0.2) is 5.43 Å². The molecule has 0 amide bonds. The summed E-state index contributed by atoms with van der Waals surface area (Å²) in [5.74, 6) is 3.75. The predicted octanol–water partition coefficient (Wildman–Crippen LogP) is 12.4. The number of aryl methyl sites for hydroxylation is 2. The van der Waals surface area contributed by atoms with E-state index in [2.05, 4.69) is 122 Å². The molecule has 0 fully saturated rings. The van der Waals surface area contributed by atoms with E-state index in [1.807, 2.05) is 50.2 Å². The number of furan rings is 2. The summed E-state index contributed by atoms with van der Waals surface area (Å²) in [6.45, 7) is 8.56. The van der Waals surface area contributed by atoms with Crippen molar-refractivity contribution in [1.29, 1.82) is 0 Å². The Morgan fingerprint density at radius 2 is 0.891 bits per heavy atom. The minimum Gasteiger partial charge on any atom is -0.496 e. The van der Waals surface area contributed by atoms with Crippen molar-refractivity contribution < 1.29 is 32.2 Å². The van der Waals surface area contributed by atoms with Crippen molar-refractivity contribution in [2.75, 3.05) is 0 Å². The summed E-state index contributed by atoms with van der Waals surface area (Å²) in [6.07, 6.45) is 0. The summed E-state index contributed by atoms with van der Waals surface area (Å²) in [6, 6.07) is 50.8. The molecule has 2 aromatic heterocycles. The molecule has 0 atom stereocenters. The number of hydrogen-bond donors (Lipinski definition) is 0. The van der Waals surface area contributed by atoms with Crippen molar-refractivity contribution in [3.63, 3.8) is 0 Å². The van der Waals surface area contributed by atoms with Gasteiger partial charge in [-0.25, -0.2) is 0 Å². The van der Waals surface area contributed by atoms with Gasteiger partial charge < -0.3 is 8.83 Å². The molecule has 0 radical (unpaired) electrons. The van der Waals surface area contributed by atoms with E-state index in [4.69, 9.17) is 8.83 Å². The second-order valence-corrected chi connectivity index (χ2v) is 21.0. The second-order valence-electron chi connectivity index (χ2n) is 11.7. The molecule has 2 heterocycles. The zero-order valence-electron chi connectivity index (χ0n) is 26.7. The van der Waals surface area contributed by atoms with Crippen molar-refractivity contribution in [1.82, 2.24) is 0 Å². The average Bonchev–Trinajstić information content (AvgIpc) is 3.87. The van der Waals surface area contributed by atoms with Crippen LogP contribution in [0.15, 0.2) is 154 Å². The molecule has 0 aliphatic rings. The zero-order chi connectivity index (χ0) is 32.0. The fourth-order valence-electron chi connectivity index (χ4n) is 5.67. The normalized spacial score (nSPS) is 10.7. The van der Waals surface area contributed by atoms with Gasteiger partial charge in [0.1, 0.15) is 0 Å². The van der Waals surface area contributed by atoms with E-state index in [0.29, 0.717) is 0 Å². The standard InChI is InChI=1S/2C20H15O.C2H6Si.Zr/c2*1-14-10-11-20(21-14)17-12-16-8-5-9-18(19(16)13-17)15-6-3-2-4-7-15;1-3-2;/h2*2-13H,1H3;1-2H3;/q2*-1;;+2. The number of fused-ring (bicyclic) bond motifs is 2. The Bertz CT molecular complexity index is 2050. The SMILES string of the molecule is C[Si](C)=[Zr+2].Cc1ccc(-c2cc3c(-c4ccccc4)cccc3[cH-]2)o1.Cc1ccc(-c2cc3c(-c4ccccc4)cccc3[cH-]2)o1. The fraction of sp³-hybridized carbons (Fsp3) is 0.0952. The number of benzene rings is 4. The van der Waals surface area contributed by atoms with Crippen molar-refractivity contribution in [3.8, 4) is 44.9 Å². The maximum absolute atomic E-state index is 5.74. The minimum atomic E-state index is 0.210. The maximum Gasteiger partial charge on any atom is 0.0896 e. The summed E-state index contributed by atoms with van der Waals surface area (Å²) in [7, 11) is 0. The third-order valence-electron chi connectivity index (χ3n) is 7.72. The van der Waals surface area contributed by atoms with Crippen LogP contribution in [0.3, 0.4) is 0 Å². The van der Waals surface area contributed by atoms with Crippen LogP contribution in [0.4, 0.5) is 0 Å². The molecule has 224 valence electrons. The molecule has 0 aliphatic carbocycles. The van der Waals surface area contributed by atoms with Crippen LogP contribution in [0.2, 0.25) is 13.1 Å². The Morgan fingerprint density at radius 1 is 0.500 bits per heavy atom. The van der Waals surface area contributed by atoms with Crippen LogP contribution in [-0.2, 0) is 23.3 Å². The summed E-state index contributed by atoms with van der Waals surface area (Å²) in [4.78, 5) is 0. The monoisotopic (exact) mass is 690 g/mol. The molecule has 2 nitrogen and oxygen atoms in total. The first-order valence-electron chi connectivity index (χ1n) is 15.5. The summed E-state index contributed by atoms with van der Waals surface area (Å²) in [5, 5.41) is 5.04. The molecular weight excluding hydrogens is 656 g/mol. The van der Waals surface area contributed by atoms with Gasteiger partial charge in [0, 0.05) is 0 Å². The van der Waals surface area contributed by atoms with Crippen LogP contribution in [0.25, 0.3) is 66.4 Å². The Kier molecular flexibility index (Phi) is 9.97. The van der Waals surface area contributed by atoms with E-state index < -0.39 is 0 Å². The predicted molar refractivity (Wildman–Crippen MR) is 192 cm³/mol. The van der Waals surface area contributed by atoms with Gasteiger partial charge in [-0.05, 0) is 49.2 Å². The van der Waals surface area contributed by atoms with Gasteiger partial charge >= 0.3 is 41.9 Å². The average molecular weight is 692 g/mol. The molecule has 6 aromatic carbocycles. The van der Waals surface area contributed by atoms with E-state index in [0.717, 1.165) is 34.2 Å². The Morgan fingerprint density at radius 3 is 1.24 bits per heavy atom. The van der Waals surface area contributed by atoms with Crippen molar-refractivity contribution >= 4 is 27.0 Å². The molecule has 0 aliphatic heterocycles. The van der Waals surface area contributed by atoms with Crippen LogP contribution < -0.4 is 0 Å². The van der Waals surface area contributed by atoms with Gasteiger partial charge in [0.15, 0.2) is 0 Å². The zero-order valence-corrected chi connectivity index (χ0v) is 30.1. The Labute approximate surface area is 286 Å². The summed E-state index contributed by atoms with van der Waals surface area (Å²) < 4.78 is 11.5. The Hall–Kier alpha value is -4.24. The molecule has 0 bridgehead atoms. The van der Waals surface area contributed by atoms with E-state index in [9.17, 15) is 0 Å². The van der Waals surface area contributed by atoms with Gasteiger partial charge in [-0.2, -0.15) is 0 Å². The van der Waals surface area contributed by atoms with Gasteiger partial charge in [0.25, 0.3) is 0 Å². The first-order chi connectivity index (χ1) is 22.4. The molecule has 0 spiro atoms. The molecule has 4 heteroatoms. The number of hydrogen-bond acceptors (Lipinski definition) is 2. The van der Waals surface area contributed by atoms with Crippen LogP contribution in [0.5, 0.6) is 0 Å². The molecule has 0 unspecified atom stereocenters. The molecule has 0 N–H and O–H groups in total.